The molecule has 0 aromatic carbocycles. The zero-order valence-electron chi connectivity index (χ0n) is 5.46. The average Bonchev–Trinajstić information content (AvgIpc) is 1.82. The van der Waals surface area contributed by atoms with Crippen LogP contribution >= 0.6 is 0 Å². The van der Waals surface area contributed by atoms with Crippen LogP contribution in [0.15, 0.2) is 5.16 Å². The largest absolute Gasteiger partial charge is 0.411 e. The molecule has 0 amide bonds. The Labute approximate surface area is 53.6 Å². The van der Waals surface area contributed by atoms with Crippen molar-refractivity contribution in [1.82, 2.24) is 5.32 Å². The number of hydrogen-bond donors (Lipinski definition) is 2. The highest BCUT2D eigenvalue weighted by molar-refractivity contribution is 5.97. The summed E-state index contributed by atoms with van der Waals surface area (Å²) >= 11 is 0. The molecule has 1 atom stereocenters. The van der Waals surface area contributed by atoms with E-state index in [2.05, 4.69) is 10.5 Å². The van der Waals surface area contributed by atoms with Gasteiger partial charge in [-0.1, -0.05) is 5.16 Å². The molecule has 0 spiro atoms. The quantitative estimate of drug-likeness (QED) is 0.311. The summed E-state index contributed by atoms with van der Waals surface area (Å²) < 4.78 is 0. The van der Waals surface area contributed by atoms with Crippen LogP contribution in [0.5, 0.6) is 0 Å². The fraction of sp³-hybridized carbons (Fsp3) is 0.600. The Hall–Kier alpha value is -0.900. The van der Waals surface area contributed by atoms with Gasteiger partial charge in [-0.25, -0.2) is 0 Å². The summed E-state index contributed by atoms with van der Waals surface area (Å²) in [4.78, 5) is 10.5. The van der Waals surface area contributed by atoms with Crippen LogP contribution < -0.4 is 5.32 Å². The Kier molecular flexibility index (Phi) is 3.62. The number of carbonyl (C=O) groups excluding carboxylic acids is 1. The molecular formula is C5H10N2O2. The van der Waals surface area contributed by atoms with Crippen LogP contribution in [-0.4, -0.2) is 30.3 Å². The van der Waals surface area contributed by atoms with Crippen LogP contribution in [0.25, 0.3) is 0 Å². The lowest BCUT2D eigenvalue weighted by molar-refractivity contribution is -0.117. The number of Topliss-reactive ketones (excluding diaryl/α,β-unsaturated/α-hetero) is 1. The van der Waals surface area contributed by atoms with E-state index in [4.69, 9.17) is 5.21 Å². The molecule has 4 nitrogen and oxygen atoms in total. The number of likely N-dealkylation sites (N-methyl/N-ethyl adjacent to an activating group) is 1. The van der Waals surface area contributed by atoms with E-state index < -0.39 is 6.04 Å². The van der Waals surface area contributed by atoms with Crippen LogP contribution in [0.1, 0.15) is 6.92 Å². The number of rotatable bonds is 3. The van der Waals surface area contributed by atoms with E-state index in [-0.39, 0.29) is 5.78 Å². The summed E-state index contributed by atoms with van der Waals surface area (Å²) in [6.45, 7) is 1.42. The topological polar surface area (TPSA) is 61.7 Å². The molecule has 0 unspecified atom stereocenters. The third kappa shape index (κ3) is 2.81. The van der Waals surface area contributed by atoms with Crippen molar-refractivity contribution in [2.45, 2.75) is 13.0 Å². The third-order valence-corrected chi connectivity index (χ3v) is 0.965. The van der Waals surface area contributed by atoms with Gasteiger partial charge >= 0.3 is 0 Å². The van der Waals surface area contributed by atoms with Crippen molar-refractivity contribution in [3.63, 3.8) is 0 Å². The second-order valence-corrected chi connectivity index (χ2v) is 1.64. The van der Waals surface area contributed by atoms with Gasteiger partial charge in [-0.15, -0.1) is 0 Å². The number of carbonyl (C=O) groups is 1. The first-order valence-electron chi connectivity index (χ1n) is 2.57. The van der Waals surface area contributed by atoms with Gasteiger partial charge in [0.2, 0.25) is 0 Å². The first kappa shape index (κ1) is 8.10. The Morgan fingerprint density at radius 2 is 2.44 bits per heavy atom. The second kappa shape index (κ2) is 4.03. The lowest BCUT2D eigenvalue weighted by Crippen LogP contribution is -2.33. The molecule has 0 saturated heterocycles. The molecule has 0 aromatic rings. The van der Waals surface area contributed by atoms with Gasteiger partial charge in [0.25, 0.3) is 0 Å². The monoisotopic (exact) mass is 130 g/mol. The first-order chi connectivity index (χ1) is 4.22. The van der Waals surface area contributed by atoms with E-state index in [0.29, 0.717) is 0 Å². The van der Waals surface area contributed by atoms with Crippen molar-refractivity contribution >= 4 is 12.0 Å². The van der Waals surface area contributed by atoms with Crippen LogP contribution in [0.3, 0.4) is 0 Å². The Bertz CT molecular complexity index is 122. The standard InChI is InChI=1S/C5H10N2O2/c1-4(8)5(6-2)3-7-9/h3,5-6,9H,1-2H3/b7-3-/t5-/m1/s1. The second-order valence-electron chi connectivity index (χ2n) is 1.64. The maximum absolute atomic E-state index is 10.5. The minimum atomic E-state index is -0.463. The molecule has 0 radical (unpaired) electrons. The highest BCUT2D eigenvalue weighted by Crippen LogP contribution is 1.78. The van der Waals surface area contributed by atoms with Gasteiger partial charge < -0.3 is 10.5 Å². The molecule has 0 bridgehead atoms. The molecule has 0 aliphatic carbocycles. The number of hydrogen-bond acceptors (Lipinski definition) is 4. The summed E-state index contributed by atoms with van der Waals surface area (Å²) in [7, 11) is 1.62. The van der Waals surface area contributed by atoms with Crippen LogP contribution in [0.4, 0.5) is 0 Å². The van der Waals surface area contributed by atoms with Crippen LogP contribution in [0, 0.1) is 0 Å². The van der Waals surface area contributed by atoms with Gasteiger partial charge in [0.15, 0.2) is 5.78 Å². The van der Waals surface area contributed by atoms with E-state index in [1.807, 2.05) is 0 Å². The van der Waals surface area contributed by atoms with Crippen molar-refractivity contribution in [3.8, 4) is 0 Å². The van der Waals surface area contributed by atoms with E-state index in [1.165, 1.54) is 6.92 Å². The van der Waals surface area contributed by atoms with E-state index >= 15 is 0 Å². The minimum absolute atomic E-state index is 0.0738. The maximum Gasteiger partial charge on any atom is 0.152 e. The smallest absolute Gasteiger partial charge is 0.152 e. The lowest BCUT2D eigenvalue weighted by Gasteiger charge is -2.02. The fourth-order valence-corrected chi connectivity index (χ4v) is 0.449. The van der Waals surface area contributed by atoms with Crippen molar-refractivity contribution in [2.75, 3.05) is 7.05 Å². The Morgan fingerprint density at radius 1 is 1.89 bits per heavy atom. The van der Waals surface area contributed by atoms with Crippen LogP contribution in [-0.2, 0) is 4.79 Å². The average molecular weight is 130 g/mol. The molecule has 0 aliphatic rings. The summed E-state index contributed by atoms with van der Waals surface area (Å²) in [5.41, 5.74) is 0. The lowest BCUT2D eigenvalue weighted by atomic mass is 10.2. The van der Waals surface area contributed by atoms with Crippen molar-refractivity contribution < 1.29 is 10.0 Å². The molecule has 0 saturated carbocycles. The number of oxime groups is 1. The Morgan fingerprint density at radius 3 is 2.56 bits per heavy atom. The summed E-state index contributed by atoms with van der Waals surface area (Å²) in [5.74, 6) is -0.0738. The normalized spacial score (nSPS) is 14.0. The summed E-state index contributed by atoms with van der Waals surface area (Å²) in [5, 5.41) is 13.4. The molecule has 0 aliphatic heterocycles. The van der Waals surface area contributed by atoms with Crippen molar-refractivity contribution in [3.05, 3.63) is 0 Å². The number of nitrogens with one attached hydrogen (secondary N) is 1. The molecule has 0 aromatic heterocycles. The van der Waals surface area contributed by atoms with Gasteiger partial charge in [-0.05, 0) is 14.0 Å². The zero-order valence-corrected chi connectivity index (χ0v) is 5.46. The highest BCUT2D eigenvalue weighted by Gasteiger charge is 2.06. The van der Waals surface area contributed by atoms with Gasteiger partial charge in [0.1, 0.15) is 6.04 Å². The minimum Gasteiger partial charge on any atom is -0.411 e. The summed E-state index contributed by atoms with van der Waals surface area (Å²) in [6.07, 6.45) is 1.14. The van der Waals surface area contributed by atoms with E-state index in [1.54, 1.807) is 7.05 Å². The van der Waals surface area contributed by atoms with Gasteiger partial charge in [-0.2, -0.15) is 0 Å². The number of nitrogens with zero attached hydrogens (tertiary/aromatic N) is 1. The molecule has 0 heterocycles. The molecule has 2 N–H and O–H groups in total. The van der Waals surface area contributed by atoms with Crippen molar-refractivity contribution in [1.29, 1.82) is 0 Å². The van der Waals surface area contributed by atoms with Crippen molar-refractivity contribution in [2.24, 2.45) is 5.16 Å². The van der Waals surface area contributed by atoms with E-state index in [9.17, 15) is 4.79 Å². The van der Waals surface area contributed by atoms with Gasteiger partial charge in [-0.3, -0.25) is 4.79 Å². The van der Waals surface area contributed by atoms with Crippen LogP contribution in [0.2, 0.25) is 0 Å². The molecule has 52 valence electrons. The molecule has 9 heavy (non-hydrogen) atoms. The zero-order chi connectivity index (χ0) is 7.28. The first-order valence-corrected chi connectivity index (χ1v) is 2.57. The molecule has 4 heteroatoms. The highest BCUT2D eigenvalue weighted by atomic mass is 16.4. The maximum atomic E-state index is 10.5. The SMILES string of the molecule is CN[C@H](/C=N\O)C(C)=O. The molecular weight excluding hydrogens is 120 g/mol. The molecule has 0 fully saturated rings. The Balaban J connectivity index is 3.83. The fourth-order valence-electron chi connectivity index (χ4n) is 0.449. The summed E-state index contributed by atoms with van der Waals surface area (Å²) in [6, 6.07) is -0.463. The third-order valence-electron chi connectivity index (χ3n) is 0.965. The predicted molar refractivity (Wildman–Crippen MR) is 33.8 cm³/mol. The number of ketones is 1. The molecule has 0 rings (SSSR count). The van der Waals surface area contributed by atoms with Gasteiger partial charge in [0, 0.05) is 0 Å². The predicted octanol–water partition coefficient (Wildman–Crippen LogP) is -0.377. The van der Waals surface area contributed by atoms with E-state index in [0.717, 1.165) is 6.21 Å². The van der Waals surface area contributed by atoms with Gasteiger partial charge in [0.05, 0.1) is 6.21 Å².